The van der Waals surface area contributed by atoms with Crippen LogP contribution >= 0.6 is 0 Å². The Morgan fingerprint density at radius 2 is 1.47 bits per heavy atom. The number of furan rings is 1. The first-order chi connectivity index (χ1) is 21.6. The van der Waals surface area contributed by atoms with Crippen LogP contribution in [0.5, 0.6) is 0 Å². The van der Waals surface area contributed by atoms with Crippen molar-refractivity contribution in [2.75, 3.05) is 0 Å². The Balaban J connectivity index is 2.63. The van der Waals surface area contributed by atoms with E-state index in [2.05, 4.69) is 12.1 Å². The number of carbonyl (C=O) groups excluding carboxylic acids is 3. The Morgan fingerprint density at radius 3 is 2.00 bits per heavy atom. The number of aromatic nitrogens is 1. The molecule has 0 spiro atoms. The molecule has 0 aliphatic carbocycles. The van der Waals surface area contributed by atoms with Crippen LogP contribution in [0.3, 0.4) is 0 Å². The highest BCUT2D eigenvalue weighted by Gasteiger charge is 2.58. The van der Waals surface area contributed by atoms with Crippen LogP contribution in [0, 0.1) is 0 Å². The lowest BCUT2D eigenvalue weighted by Crippen LogP contribution is -2.59. The molecule has 2 atom stereocenters. The van der Waals surface area contributed by atoms with E-state index in [-0.39, 0.29) is 22.9 Å². The summed E-state index contributed by atoms with van der Waals surface area (Å²) in [5, 5.41) is 3.75. The average molecular weight is 676 g/mol. The highest BCUT2D eigenvalue weighted by molar-refractivity contribution is 6.74. The second kappa shape index (κ2) is 16.6. The molecular formula is C37H61NO8Si. The molecule has 2 aromatic rings. The predicted octanol–water partition coefficient (Wildman–Crippen LogP) is 9.75. The zero-order chi connectivity index (χ0) is 35.7. The molecule has 0 amide bonds. The molecule has 0 aromatic carbocycles. The molecule has 47 heavy (non-hydrogen) atoms. The Labute approximate surface area is 284 Å². The minimum Gasteiger partial charge on any atom is -0.469 e. The Kier molecular flexibility index (Phi) is 14.3. The third-order valence-electron chi connectivity index (χ3n) is 8.61. The van der Waals surface area contributed by atoms with E-state index in [0.29, 0.717) is 12.2 Å². The summed E-state index contributed by atoms with van der Waals surface area (Å²) in [4.78, 5) is 42.5. The Bertz CT molecular complexity index is 1280. The third kappa shape index (κ3) is 12.3. The predicted molar refractivity (Wildman–Crippen MR) is 186 cm³/mol. The molecular weight excluding hydrogens is 614 g/mol. The first-order valence-corrected chi connectivity index (χ1v) is 20.2. The van der Waals surface area contributed by atoms with Gasteiger partial charge in [-0.05, 0) is 84.6 Å². The Hall–Kier alpha value is -2.72. The van der Waals surface area contributed by atoms with E-state index < -0.39 is 49.4 Å². The van der Waals surface area contributed by atoms with Crippen LogP contribution in [0.4, 0.5) is 0 Å². The Morgan fingerprint density at radius 1 is 0.872 bits per heavy atom. The molecule has 1 unspecified atom stereocenters. The summed E-state index contributed by atoms with van der Waals surface area (Å²) in [6.45, 7) is 22.9. The SMILES string of the molecule is CCCCCCCCCc1conc1C(=O)CC(c1ccco1)[C@](CC(=O)OC(C)(C)C)(O[Si](C)(C)C(C)(C)C)C(=O)OC(C)(C)C. The normalized spacial score (nSPS) is 14.8. The molecule has 0 radical (unpaired) electrons. The highest BCUT2D eigenvalue weighted by atomic mass is 28.4. The van der Waals surface area contributed by atoms with Gasteiger partial charge in [-0.1, -0.05) is 71.4 Å². The number of nitrogens with zero attached hydrogens (tertiary/aromatic N) is 1. The number of rotatable bonds is 18. The quantitative estimate of drug-likeness (QED) is 0.0658. The molecule has 0 saturated heterocycles. The maximum atomic E-state index is 14.6. The second-order valence-electron chi connectivity index (χ2n) is 16.3. The smallest absolute Gasteiger partial charge is 0.339 e. The van der Waals surface area contributed by atoms with Gasteiger partial charge >= 0.3 is 11.9 Å². The maximum Gasteiger partial charge on any atom is 0.339 e. The molecule has 0 aliphatic heterocycles. The summed E-state index contributed by atoms with van der Waals surface area (Å²) in [5.74, 6) is -2.45. The van der Waals surface area contributed by atoms with E-state index in [0.717, 1.165) is 24.8 Å². The van der Waals surface area contributed by atoms with E-state index in [9.17, 15) is 14.4 Å². The lowest BCUT2D eigenvalue weighted by Gasteiger charge is -2.47. The summed E-state index contributed by atoms with van der Waals surface area (Å²) in [5.41, 5.74) is -2.75. The van der Waals surface area contributed by atoms with Crippen LogP contribution in [0.15, 0.2) is 33.6 Å². The van der Waals surface area contributed by atoms with Gasteiger partial charge in [-0.2, -0.15) is 0 Å². The van der Waals surface area contributed by atoms with Gasteiger partial charge in [0.15, 0.2) is 25.4 Å². The molecule has 2 aromatic heterocycles. The van der Waals surface area contributed by atoms with Crippen molar-refractivity contribution in [2.45, 2.75) is 174 Å². The molecule has 0 bridgehead atoms. The van der Waals surface area contributed by atoms with Gasteiger partial charge in [0, 0.05) is 12.0 Å². The van der Waals surface area contributed by atoms with E-state index in [1.807, 2.05) is 33.9 Å². The van der Waals surface area contributed by atoms with Crippen molar-refractivity contribution in [3.8, 4) is 0 Å². The fourth-order valence-electron chi connectivity index (χ4n) is 5.26. The molecule has 266 valence electrons. The zero-order valence-electron chi connectivity index (χ0n) is 31.2. The van der Waals surface area contributed by atoms with Gasteiger partial charge in [-0.25, -0.2) is 4.79 Å². The van der Waals surface area contributed by atoms with E-state index in [1.54, 1.807) is 53.7 Å². The van der Waals surface area contributed by atoms with Crippen LogP contribution in [0.1, 0.15) is 155 Å². The van der Waals surface area contributed by atoms with Crippen molar-refractivity contribution in [3.63, 3.8) is 0 Å². The number of hydrogen-bond acceptors (Lipinski definition) is 9. The van der Waals surface area contributed by atoms with Gasteiger partial charge in [0.25, 0.3) is 0 Å². The monoisotopic (exact) mass is 675 g/mol. The number of ketones is 1. The van der Waals surface area contributed by atoms with E-state index in [4.69, 9.17) is 22.8 Å². The number of ether oxygens (including phenoxy) is 2. The minimum atomic E-state index is -2.84. The van der Waals surface area contributed by atoms with Crippen molar-refractivity contribution in [3.05, 3.63) is 41.7 Å². The molecule has 9 nitrogen and oxygen atoms in total. The van der Waals surface area contributed by atoms with Gasteiger partial charge in [-0.15, -0.1) is 0 Å². The number of esters is 2. The molecule has 0 aliphatic rings. The van der Waals surface area contributed by atoms with Crippen LogP contribution in [0.25, 0.3) is 0 Å². The number of unbranched alkanes of at least 4 members (excludes halogenated alkanes) is 6. The summed E-state index contributed by atoms with van der Waals surface area (Å²) in [6, 6.07) is 3.39. The fourth-order valence-corrected chi connectivity index (χ4v) is 6.77. The summed E-state index contributed by atoms with van der Waals surface area (Å²) >= 11 is 0. The lowest BCUT2D eigenvalue weighted by molar-refractivity contribution is -0.185. The van der Waals surface area contributed by atoms with E-state index >= 15 is 0 Å². The van der Waals surface area contributed by atoms with Gasteiger partial charge in [0.2, 0.25) is 0 Å². The first kappa shape index (κ1) is 40.5. The topological polar surface area (TPSA) is 118 Å². The van der Waals surface area contributed by atoms with Crippen LogP contribution < -0.4 is 0 Å². The van der Waals surface area contributed by atoms with Gasteiger partial charge in [-0.3, -0.25) is 9.59 Å². The third-order valence-corrected chi connectivity index (χ3v) is 13.1. The molecule has 2 rings (SSSR count). The van der Waals surface area contributed by atoms with Crippen molar-refractivity contribution in [2.24, 2.45) is 0 Å². The maximum absolute atomic E-state index is 14.6. The molecule has 0 fully saturated rings. The van der Waals surface area contributed by atoms with Gasteiger partial charge in [0.1, 0.15) is 23.2 Å². The number of hydrogen-bond donors (Lipinski definition) is 0. The van der Waals surface area contributed by atoms with Crippen molar-refractivity contribution < 1.29 is 37.2 Å². The van der Waals surface area contributed by atoms with Crippen LogP contribution in [0.2, 0.25) is 18.1 Å². The number of aryl methyl sites for hydroxylation is 1. The fraction of sp³-hybridized carbons (Fsp3) is 0.730. The highest BCUT2D eigenvalue weighted by Crippen LogP contribution is 2.47. The number of Topliss-reactive ketones (excluding diaryl/α,β-unsaturated/α-hetero) is 1. The van der Waals surface area contributed by atoms with Crippen molar-refractivity contribution in [1.29, 1.82) is 0 Å². The summed E-state index contributed by atoms with van der Waals surface area (Å²) in [6.07, 6.45) is 10.9. The standard InChI is InChI=1S/C37H61NO8Si/c1-13-14-15-16-17-18-19-21-27-26-43-38-32(27)29(39)24-28(30-22-20-23-42-30)37(33(41)45-35(5,6)7,25-31(40)44-34(2,3)4)46-47(11,12)36(8,9)10/h20,22-23,26,28H,13-19,21,24-25H2,1-12H3/t28?,37-/m0/s1. The molecule has 10 heteroatoms. The molecule has 0 saturated carbocycles. The minimum absolute atomic E-state index is 0.218. The van der Waals surface area contributed by atoms with Gasteiger partial charge < -0.3 is 22.8 Å². The second-order valence-corrected chi connectivity index (χ2v) is 21.0. The van der Waals surface area contributed by atoms with Crippen molar-refractivity contribution >= 4 is 26.0 Å². The summed E-state index contributed by atoms with van der Waals surface area (Å²) in [7, 11) is -2.84. The molecule has 2 heterocycles. The van der Waals surface area contributed by atoms with Crippen molar-refractivity contribution in [1.82, 2.24) is 5.16 Å². The molecule has 0 N–H and O–H groups in total. The number of carbonyl (C=O) groups is 3. The van der Waals surface area contributed by atoms with E-state index in [1.165, 1.54) is 38.2 Å². The largest absolute Gasteiger partial charge is 0.469 e. The zero-order valence-corrected chi connectivity index (χ0v) is 32.2. The first-order valence-electron chi connectivity index (χ1n) is 17.3. The van der Waals surface area contributed by atoms with Crippen LogP contribution in [-0.4, -0.2) is 48.0 Å². The average Bonchev–Trinajstić information content (AvgIpc) is 3.60. The van der Waals surface area contributed by atoms with Gasteiger partial charge in [0.05, 0.1) is 18.6 Å². The lowest BCUT2D eigenvalue weighted by atomic mass is 9.78. The summed E-state index contributed by atoms with van der Waals surface area (Å²) < 4.78 is 30.1. The van der Waals surface area contributed by atoms with Crippen LogP contribution in [-0.2, 0) is 29.9 Å².